The van der Waals surface area contributed by atoms with Crippen molar-refractivity contribution in [2.24, 2.45) is 0 Å². The first-order valence-electron chi connectivity index (χ1n) is 11.7. The second-order valence-electron chi connectivity index (χ2n) is 8.65. The van der Waals surface area contributed by atoms with Crippen LogP contribution in [0.25, 0.3) is 28.0 Å². The Bertz CT molecular complexity index is 1360. The molecule has 0 radical (unpaired) electrons. The molecule has 2 amide bonds. The number of carbonyl (C=O) groups is 2. The van der Waals surface area contributed by atoms with Crippen LogP contribution in [0.15, 0.2) is 67.1 Å². The highest BCUT2D eigenvalue weighted by Gasteiger charge is 2.19. The third-order valence-corrected chi connectivity index (χ3v) is 6.21. The number of imidazole rings is 1. The van der Waals surface area contributed by atoms with E-state index in [2.05, 4.69) is 40.4 Å². The predicted molar refractivity (Wildman–Crippen MR) is 131 cm³/mol. The molecule has 1 aromatic carbocycles. The van der Waals surface area contributed by atoms with E-state index >= 15 is 0 Å². The molecule has 1 N–H and O–H groups in total. The number of amides is 2. The van der Waals surface area contributed by atoms with Crippen molar-refractivity contribution in [1.29, 1.82) is 0 Å². The number of hydrogen-bond donors (Lipinski definition) is 1. The number of aromatic nitrogens is 3. The summed E-state index contributed by atoms with van der Waals surface area (Å²) in [5.41, 5.74) is 6.26. The third kappa shape index (κ3) is 4.41. The Kier molecular flexibility index (Phi) is 6.08. The van der Waals surface area contributed by atoms with Gasteiger partial charge in [-0.3, -0.25) is 19.0 Å². The fraction of sp³-hybridized carbons (Fsp3) is 0.259. The van der Waals surface area contributed by atoms with Crippen LogP contribution < -0.4 is 5.32 Å². The van der Waals surface area contributed by atoms with Gasteiger partial charge in [-0.15, -0.1) is 0 Å². The van der Waals surface area contributed by atoms with E-state index in [4.69, 9.17) is 0 Å². The van der Waals surface area contributed by atoms with Gasteiger partial charge in [-0.1, -0.05) is 29.8 Å². The lowest BCUT2D eigenvalue weighted by molar-refractivity contribution is -0.127. The number of rotatable bonds is 7. The summed E-state index contributed by atoms with van der Waals surface area (Å²) in [6, 6.07) is 16.2. The van der Waals surface area contributed by atoms with E-state index in [9.17, 15) is 9.59 Å². The minimum atomic E-state index is -0.178. The van der Waals surface area contributed by atoms with Crippen LogP contribution in [0.2, 0.25) is 0 Å². The highest BCUT2D eigenvalue weighted by Crippen LogP contribution is 2.31. The standard InChI is InChI=1S/C27H27N5O2/c1-19-6-2-7-20(16-19)26-22(8-3-12-28-26)21-10-11-24-30-17-23(32(24)18-21)27(34)29-13-5-15-31-14-4-9-25(31)33/h2-3,6-8,10-12,16-18H,4-5,9,13-15H2,1H3,(H,29,34). The lowest BCUT2D eigenvalue weighted by Crippen LogP contribution is -2.31. The number of carbonyl (C=O) groups excluding carboxylic acids is 2. The molecule has 0 atom stereocenters. The highest BCUT2D eigenvalue weighted by molar-refractivity contribution is 5.93. The van der Waals surface area contributed by atoms with Crippen LogP contribution in [0.4, 0.5) is 0 Å². The van der Waals surface area contributed by atoms with Crippen LogP contribution in [0.1, 0.15) is 35.3 Å². The number of benzene rings is 1. The van der Waals surface area contributed by atoms with Crippen LogP contribution in [-0.4, -0.2) is 50.7 Å². The Hall–Kier alpha value is -4.00. The summed E-state index contributed by atoms with van der Waals surface area (Å²) in [6.07, 6.45) is 7.64. The van der Waals surface area contributed by atoms with Crippen molar-refractivity contribution >= 4 is 17.5 Å². The first-order valence-corrected chi connectivity index (χ1v) is 11.7. The molecule has 1 aliphatic heterocycles. The maximum Gasteiger partial charge on any atom is 0.269 e. The Morgan fingerprint density at radius 2 is 2.00 bits per heavy atom. The SMILES string of the molecule is Cc1cccc(-c2ncccc2-c2ccc3ncc(C(=O)NCCCN4CCCC4=O)n3c2)c1. The van der Waals surface area contributed by atoms with Crippen molar-refractivity contribution in [3.05, 3.63) is 78.4 Å². The Morgan fingerprint density at radius 3 is 2.82 bits per heavy atom. The molecule has 1 saturated heterocycles. The van der Waals surface area contributed by atoms with Crippen molar-refractivity contribution in [2.75, 3.05) is 19.6 Å². The average Bonchev–Trinajstić information content (AvgIpc) is 3.47. The summed E-state index contributed by atoms with van der Waals surface area (Å²) in [7, 11) is 0. The van der Waals surface area contributed by atoms with Crippen molar-refractivity contribution in [3.8, 4) is 22.4 Å². The first kappa shape index (κ1) is 21.8. The lowest BCUT2D eigenvalue weighted by atomic mass is 9.99. The van der Waals surface area contributed by atoms with Crippen LogP contribution in [0.3, 0.4) is 0 Å². The van der Waals surface area contributed by atoms with Gasteiger partial charge in [0.1, 0.15) is 11.3 Å². The molecular formula is C27H27N5O2. The van der Waals surface area contributed by atoms with E-state index in [0.29, 0.717) is 30.9 Å². The average molecular weight is 454 g/mol. The summed E-state index contributed by atoms with van der Waals surface area (Å²) in [6.45, 7) is 4.08. The Labute approximate surface area is 198 Å². The zero-order valence-corrected chi connectivity index (χ0v) is 19.2. The molecule has 172 valence electrons. The largest absolute Gasteiger partial charge is 0.351 e. The molecule has 34 heavy (non-hydrogen) atoms. The summed E-state index contributed by atoms with van der Waals surface area (Å²) in [5, 5.41) is 2.97. The minimum Gasteiger partial charge on any atom is -0.351 e. The second-order valence-corrected chi connectivity index (χ2v) is 8.65. The van der Waals surface area contributed by atoms with Crippen molar-refractivity contribution < 1.29 is 9.59 Å². The minimum absolute atomic E-state index is 0.178. The monoisotopic (exact) mass is 453 g/mol. The molecule has 3 aromatic heterocycles. The topological polar surface area (TPSA) is 79.6 Å². The summed E-state index contributed by atoms with van der Waals surface area (Å²) < 4.78 is 1.82. The molecule has 1 fully saturated rings. The number of fused-ring (bicyclic) bond motifs is 1. The molecule has 4 aromatic rings. The molecule has 0 bridgehead atoms. The summed E-state index contributed by atoms with van der Waals surface area (Å²) in [5.74, 6) is 0.0311. The maximum absolute atomic E-state index is 12.9. The predicted octanol–water partition coefficient (Wildman–Crippen LogP) is 4.11. The normalized spacial score (nSPS) is 13.6. The van der Waals surface area contributed by atoms with E-state index in [0.717, 1.165) is 41.8 Å². The molecule has 5 rings (SSSR count). The summed E-state index contributed by atoms with van der Waals surface area (Å²) >= 11 is 0. The molecule has 0 unspecified atom stereocenters. The molecule has 7 heteroatoms. The summed E-state index contributed by atoms with van der Waals surface area (Å²) in [4.78, 5) is 35.5. The molecule has 0 aliphatic carbocycles. The number of nitrogens with zero attached hydrogens (tertiary/aromatic N) is 4. The lowest BCUT2D eigenvalue weighted by Gasteiger charge is -2.15. The van der Waals surface area contributed by atoms with E-state index in [1.165, 1.54) is 5.56 Å². The number of pyridine rings is 2. The molecule has 0 spiro atoms. The van der Waals surface area contributed by atoms with E-state index in [-0.39, 0.29) is 11.8 Å². The third-order valence-electron chi connectivity index (χ3n) is 6.21. The maximum atomic E-state index is 12.9. The van der Waals surface area contributed by atoms with Crippen LogP contribution in [0, 0.1) is 6.92 Å². The second kappa shape index (κ2) is 9.47. The molecule has 7 nitrogen and oxygen atoms in total. The van der Waals surface area contributed by atoms with Gasteiger partial charge >= 0.3 is 0 Å². The van der Waals surface area contributed by atoms with Gasteiger partial charge in [0, 0.05) is 55.1 Å². The molecule has 0 saturated carbocycles. The van der Waals surface area contributed by atoms with Crippen LogP contribution in [-0.2, 0) is 4.79 Å². The van der Waals surface area contributed by atoms with Crippen LogP contribution in [0.5, 0.6) is 0 Å². The van der Waals surface area contributed by atoms with Gasteiger partial charge in [0.2, 0.25) is 5.91 Å². The fourth-order valence-corrected chi connectivity index (χ4v) is 4.47. The Balaban J connectivity index is 1.37. The van der Waals surface area contributed by atoms with Crippen LogP contribution >= 0.6 is 0 Å². The van der Waals surface area contributed by atoms with E-state index in [1.54, 1.807) is 12.4 Å². The number of nitrogens with one attached hydrogen (secondary N) is 1. The number of likely N-dealkylation sites (tertiary alicyclic amines) is 1. The zero-order valence-electron chi connectivity index (χ0n) is 19.2. The van der Waals surface area contributed by atoms with Gasteiger partial charge in [0.25, 0.3) is 5.91 Å². The molecule has 1 aliphatic rings. The van der Waals surface area contributed by atoms with Gasteiger partial charge in [-0.2, -0.15) is 0 Å². The number of aryl methyl sites for hydroxylation is 1. The van der Waals surface area contributed by atoms with Gasteiger partial charge in [-0.25, -0.2) is 4.98 Å². The Morgan fingerprint density at radius 1 is 1.09 bits per heavy atom. The molecular weight excluding hydrogens is 426 g/mol. The van der Waals surface area contributed by atoms with Gasteiger partial charge in [0.05, 0.1) is 11.9 Å². The van der Waals surface area contributed by atoms with E-state index < -0.39 is 0 Å². The van der Waals surface area contributed by atoms with Crippen molar-refractivity contribution in [2.45, 2.75) is 26.2 Å². The van der Waals surface area contributed by atoms with Gasteiger partial charge < -0.3 is 10.2 Å². The first-order chi connectivity index (χ1) is 16.6. The van der Waals surface area contributed by atoms with Crippen molar-refractivity contribution in [1.82, 2.24) is 24.6 Å². The van der Waals surface area contributed by atoms with E-state index in [1.807, 2.05) is 45.8 Å². The van der Waals surface area contributed by atoms with Gasteiger partial charge in [0.15, 0.2) is 0 Å². The highest BCUT2D eigenvalue weighted by atomic mass is 16.2. The number of hydrogen-bond acceptors (Lipinski definition) is 4. The zero-order chi connectivity index (χ0) is 23.5. The quantitative estimate of drug-likeness (QED) is 0.427. The van der Waals surface area contributed by atoms with Crippen molar-refractivity contribution in [3.63, 3.8) is 0 Å². The van der Waals surface area contributed by atoms with Gasteiger partial charge in [-0.05, 0) is 44.0 Å². The molecule has 4 heterocycles. The fourth-order valence-electron chi connectivity index (χ4n) is 4.47. The smallest absolute Gasteiger partial charge is 0.269 e.